The molecule has 0 aliphatic carbocycles. The third kappa shape index (κ3) is 8.30. The number of carbonyl (C=O) groups excluding carboxylic acids is 3. The Morgan fingerprint density at radius 1 is 1.03 bits per heavy atom. The van der Waals surface area contributed by atoms with E-state index in [4.69, 9.17) is 11.5 Å². The largest absolute Gasteiger partial charge is 0.480 e. The molecular formula is C20H30N4O5. The third-order valence-corrected chi connectivity index (χ3v) is 4.77. The predicted octanol–water partition coefficient (Wildman–Crippen LogP) is -0.0778. The minimum atomic E-state index is -1.21. The lowest BCUT2D eigenvalue weighted by Crippen LogP contribution is -2.55. The minimum Gasteiger partial charge on any atom is -0.480 e. The van der Waals surface area contributed by atoms with Crippen molar-refractivity contribution < 1.29 is 24.3 Å². The van der Waals surface area contributed by atoms with Gasteiger partial charge in [-0.05, 0) is 17.9 Å². The monoisotopic (exact) mass is 406 g/mol. The average Bonchev–Trinajstić information content (AvgIpc) is 2.69. The highest BCUT2D eigenvalue weighted by Crippen LogP contribution is 2.08. The fourth-order valence-electron chi connectivity index (χ4n) is 2.66. The highest BCUT2D eigenvalue weighted by Gasteiger charge is 2.29. The maximum Gasteiger partial charge on any atom is 0.326 e. The Balaban J connectivity index is 2.88. The summed E-state index contributed by atoms with van der Waals surface area (Å²) >= 11 is 0. The van der Waals surface area contributed by atoms with Gasteiger partial charge in [0.05, 0.1) is 6.04 Å². The number of nitrogens with one attached hydrogen (secondary N) is 2. The van der Waals surface area contributed by atoms with Crippen LogP contribution in [-0.2, 0) is 25.6 Å². The van der Waals surface area contributed by atoms with E-state index in [-0.39, 0.29) is 25.2 Å². The van der Waals surface area contributed by atoms with Gasteiger partial charge in [0, 0.05) is 12.8 Å². The lowest BCUT2D eigenvalue weighted by Gasteiger charge is -2.24. The van der Waals surface area contributed by atoms with Crippen molar-refractivity contribution in [2.45, 2.75) is 57.7 Å². The summed E-state index contributed by atoms with van der Waals surface area (Å²) in [7, 11) is 0. The zero-order chi connectivity index (χ0) is 22.0. The number of nitrogens with two attached hydrogens (primary N) is 2. The highest BCUT2D eigenvalue weighted by molar-refractivity contribution is 5.92. The summed E-state index contributed by atoms with van der Waals surface area (Å²) in [6.07, 6.45) is 0.543. The van der Waals surface area contributed by atoms with Gasteiger partial charge < -0.3 is 27.2 Å². The molecule has 0 radical (unpaired) electrons. The zero-order valence-corrected chi connectivity index (χ0v) is 16.8. The molecule has 0 saturated carbocycles. The maximum absolute atomic E-state index is 12.7. The number of hydrogen-bond acceptors (Lipinski definition) is 5. The Morgan fingerprint density at radius 2 is 1.62 bits per heavy atom. The molecule has 0 spiro atoms. The van der Waals surface area contributed by atoms with E-state index in [1.807, 2.05) is 13.8 Å². The number of carboxylic acids is 1. The molecule has 0 unspecified atom stereocenters. The first-order valence-corrected chi connectivity index (χ1v) is 9.57. The van der Waals surface area contributed by atoms with Crippen LogP contribution in [0.4, 0.5) is 0 Å². The van der Waals surface area contributed by atoms with Crippen LogP contribution in [0.1, 0.15) is 38.7 Å². The molecular weight excluding hydrogens is 376 g/mol. The van der Waals surface area contributed by atoms with Gasteiger partial charge in [-0.3, -0.25) is 14.4 Å². The molecule has 160 valence electrons. The van der Waals surface area contributed by atoms with Crippen molar-refractivity contribution in [1.82, 2.24) is 10.6 Å². The second-order valence-corrected chi connectivity index (χ2v) is 7.07. The van der Waals surface area contributed by atoms with Gasteiger partial charge in [0.25, 0.3) is 0 Å². The van der Waals surface area contributed by atoms with Crippen molar-refractivity contribution in [3.63, 3.8) is 0 Å². The van der Waals surface area contributed by atoms with Crippen LogP contribution < -0.4 is 22.1 Å². The third-order valence-electron chi connectivity index (χ3n) is 4.77. The fourth-order valence-corrected chi connectivity index (χ4v) is 2.66. The number of hydrogen-bond donors (Lipinski definition) is 5. The standard InChI is InChI=1S/C20H30N4O5/c1-3-12(2)17(22)19(27)23-14(9-10-16(21)25)18(26)24-15(20(28)29)11-13-7-5-4-6-8-13/h4-8,12,14-15,17H,3,9-11,22H2,1-2H3,(H2,21,25)(H,23,27)(H,24,26)(H,28,29)/t12-,14-,15-,17-/m0/s1. The average molecular weight is 406 g/mol. The summed E-state index contributed by atoms with van der Waals surface area (Å²) in [5.74, 6) is -3.21. The highest BCUT2D eigenvalue weighted by atomic mass is 16.4. The molecule has 1 rings (SSSR count). The maximum atomic E-state index is 12.7. The van der Waals surface area contributed by atoms with Crippen molar-refractivity contribution in [2.24, 2.45) is 17.4 Å². The van der Waals surface area contributed by atoms with Crippen LogP contribution in [0.2, 0.25) is 0 Å². The summed E-state index contributed by atoms with van der Waals surface area (Å²) in [5.41, 5.74) is 11.8. The molecule has 0 aromatic heterocycles. The Kier molecular flexibility index (Phi) is 9.81. The summed E-state index contributed by atoms with van der Waals surface area (Å²) in [6, 6.07) is 5.68. The molecule has 1 aromatic carbocycles. The number of amides is 3. The number of primary amides is 1. The number of rotatable bonds is 12. The van der Waals surface area contributed by atoms with Crippen molar-refractivity contribution in [3.8, 4) is 0 Å². The van der Waals surface area contributed by atoms with Gasteiger partial charge >= 0.3 is 5.97 Å². The molecule has 0 aliphatic rings. The van der Waals surface area contributed by atoms with Crippen LogP contribution in [-0.4, -0.2) is 46.9 Å². The predicted molar refractivity (Wildman–Crippen MR) is 108 cm³/mol. The molecule has 1 aromatic rings. The van der Waals surface area contributed by atoms with Gasteiger partial charge in [-0.15, -0.1) is 0 Å². The molecule has 9 heteroatoms. The molecule has 0 bridgehead atoms. The van der Waals surface area contributed by atoms with Gasteiger partial charge in [-0.2, -0.15) is 0 Å². The summed E-state index contributed by atoms with van der Waals surface area (Å²) < 4.78 is 0. The second-order valence-electron chi connectivity index (χ2n) is 7.07. The Labute approximate surface area is 170 Å². The lowest BCUT2D eigenvalue weighted by molar-refractivity contribution is -0.142. The minimum absolute atomic E-state index is 0.0577. The first kappa shape index (κ1) is 24.1. The van der Waals surface area contributed by atoms with Crippen molar-refractivity contribution in [3.05, 3.63) is 35.9 Å². The molecule has 9 nitrogen and oxygen atoms in total. The molecule has 29 heavy (non-hydrogen) atoms. The van der Waals surface area contributed by atoms with Crippen LogP contribution in [0.3, 0.4) is 0 Å². The molecule has 0 aliphatic heterocycles. The number of carbonyl (C=O) groups is 4. The number of carboxylic acid groups (broad SMARTS) is 1. The van der Waals surface area contributed by atoms with Gasteiger partial charge in [0.2, 0.25) is 17.7 Å². The van der Waals surface area contributed by atoms with E-state index in [1.54, 1.807) is 30.3 Å². The van der Waals surface area contributed by atoms with E-state index in [0.717, 1.165) is 5.56 Å². The van der Waals surface area contributed by atoms with Crippen LogP contribution in [0.15, 0.2) is 30.3 Å². The van der Waals surface area contributed by atoms with Crippen molar-refractivity contribution in [1.29, 1.82) is 0 Å². The molecule has 3 amide bonds. The van der Waals surface area contributed by atoms with Gasteiger partial charge in [-0.1, -0.05) is 50.6 Å². The molecule has 0 saturated heterocycles. The van der Waals surface area contributed by atoms with Crippen LogP contribution in [0.25, 0.3) is 0 Å². The van der Waals surface area contributed by atoms with Crippen molar-refractivity contribution >= 4 is 23.7 Å². The van der Waals surface area contributed by atoms with E-state index in [2.05, 4.69) is 10.6 Å². The topological polar surface area (TPSA) is 165 Å². The van der Waals surface area contributed by atoms with E-state index in [0.29, 0.717) is 6.42 Å². The molecule has 7 N–H and O–H groups in total. The summed E-state index contributed by atoms with van der Waals surface area (Å²) in [6.45, 7) is 3.69. The first-order chi connectivity index (χ1) is 13.6. The van der Waals surface area contributed by atoms with E-state index in [9.17, 15) is 24.3 Å². The quantitative estimate of drug-likeness (QED) is 0.326. The van der Waals surface area contributed by atoms with Crippen molar-refractivity contribution in [2.75, 3.05) is 0 Å². The Hall–Kier alpha value is -2.94. The number of aliphatic carboxylic acids is 1. The van der Waals surface area contributed by atoms with Crippen LogP contribution in [0, 0.1) is 5.92 Å². The van der Waals surface area contributed by atoms with E-state index >= 15 is 0 Å². The molecule has 0 heterocycles. The smallest absolute Gasteiger partial charge is 0.326 e. The van der Waals surface area contributed by atoms with Gasteiger partial charge in [0.1, 0.15) is 12.1 Å². The Morgan fingerprint density at radius 3 is 2.14 bits per heavy atom. The summed E-state index contributed by atoms with van der Waals surface area (Å²) in [4.78, 5) is 47.8. The molecule has 4 atom stereocenters. The second kappa shape index (κ2) is 11.8. The number of benzene rings is 1. The van der Waals surface area contributed by atoms with Crippen LogP contribution >= 0.6 is 0 Å². The van der Waals surface area contributed by atoms with Gasteiger partial charge in [-0.25, -0.2) is 4.79 Å². The zero-order valence-electron chi connectivity index (χ0n) is 16.8. The Bertz CT molecular complexity index is 710. The summed E-state index contributed by atoms with van der Waals surface area (Å²) in [5, 5.41) is 14.4. The van der Waals surface area contributed by atoms with E-state index in [1.165, 1.54) is 0 Å². The van der Waals surface area contributed by atoms with Gasteiger partial charge in [0.15, 0.2) is 0 Å². The fraction of sp³-hybridized carbons (Fsp3) is 0.500. The lowest BCUT2D eigenvalue weighted by atomic mass is 9.98. The SMILES string of the molecule is CC[C@H](C)[C@H](N)C(=O)N[C@@H](CCC(N)=O)C(=O)N[C@@H](Cc1ccccc1)C(=O)O. The molecule has 0 fully saturated rings. The normalized spacial score (nSPS) is 14.9. The van der Waals surface area contributed by atoms with Crippen LogP contribution in [0.5, 0.6) is 0 Å². The first-order valence-electron chi connectivity index (χ1n) is 9.57. The van der Waals surface area contributed by atoms with E-state index < -0.39 is 41.8 Å².